The van der Waals surface area contributed by atoms with Crippen molar-refractivity contribution in [3.8, 4) is 16.9 Å². The summed E-state index contributed by atoms with van der Waals surface area (Å²) >= 11 is 0. The van der Waals surface area contributed by atoms with E-state index in [2.05, 4.69) is 0 Å². The van der Waals surface area contributed by atoms with Gasteiger partial charge in [0.15, 0.2) is 11.6 Å². The highest BCUT2D eigenvalue weighted by molar-refractivity contribution is 5.95. The Hall–Kier alpha value is -2.93. The summed E-state index contributed by atoms with van der Waals surface area (Å²) in [6.07, 6.45) is 0.905. The molecular formula is C24H27FN2O4. The van der Waals surface area contributed by atoms with Crippen molar-refractivity contribution in [2.45, 2.75) is 38.4 Å². The molecule has 0 unspecified atom stereocenters. The Kier molecular flexibility index (Phi) is 5.71. The molecule has 164 valence electrons. The molecule has 2 fully saturated rings. The summed E-state index contributed by atoms with van der Waals surface area (Å²) in [6, 6.07) is 11.9. The Morgan fingerprint density at radius 1 is 1.00 bits per heavy atom. The average molecular weight is 426 g/mol. The highest BCUT2D eigenvalue weighted by Crippen LogP contribution is 2.37. The quantitative estimate of drug-likeness (QED) is 0.798. The first-order chi connectivity index (χ1) is 14.8. The van der Waals surface area contributed by atoms with Gasteiger partial charge in [0.2, 0.25) is 0 Å². The topological polar surface area (TPSA) is 70.1 Å². The maximum absolute atomic E-state index is 14.8. The average Bonchev–Trinajstić information content (AvgIpc) is 3.53. The molecular weight excluding hydrogens is 399 g/mol. The van der Waals surface area contributed by atoms with E-state index in [0.29, 0.717) is 55.7 Å². The van der Waals surface area contributed by atoms with Crippen LogP contribution in [0.2, 0.25) is 0 Å². The summed E-state index contributed by atoms with van der Waals surface area (Å²) in [5.74, 6) is -0.569. The number of rotatable bonds is 5. The molecule has 0 bridgehead atoms. The molecule has 1 heterocycles. The fourth-order valence-corrected chi connectivity index (χ4v) is 3.79. The molecule has 1 saturated heterocycles. The summed E-state index contributed by atoms with van der Waals surface area (Å²) in [4.78, 5) is 28.4. The van der Waals surface area contributed by atoms with Crippen LogP contribution in [-0.4, -0.2) is 64.6 Å². The minimum atomic E-state index is -1.17. The molecule has 0 aromatic heterocycles. The van der Waals surface area contributed by atoms with Gasteiger partial charge in [-0.2, -0.15) is 0 Å². The number of aliphatic hydroxyl groups is 1. The number of piperazine rings is 1. The third kappa shape index (κ3) is 4.42. The number of halogens is 1. The molecule has 2 amide bonds. The summed E-state index contributed by atoms with van der Waals surface area (Å²) in [5.41, 5.74) is 0.424. The van der Waals surface area contributed by atoms with Gasteiger partial charge in [0.1, 0.15) is 5.60 Å². The van der Waals surface area contributed by atoms with Crippen molar-refractivity contribution in [1.82, 2.24) is 9.80 Å². The highest BCUT2D eigenvalue weighted by Gasteiger charge is 2.50. The second-order valence-electron chi connectivity index (χ2n) is 8.48. The highest BCUT2D eigenvalue weighted by atomic mass is 19.1. The standard InChI is InChI=1S/C24H27FN2O4/c1-16(2)31-20-5-3-4-19(21(20)25)17-6-8-18(9-7-17)22(28)26-12-14-27(15-13-26)23(29)24(30)10-11-24/h3-9,16,30H,10-15H2,1-2H3. The fraction of sp³-hybridized carbons (Fsp3) is 0.417. The van der Waals surface area contributed by atoms with Crippen molar-refractivity contribution >= 4 is 11.8 Å². The maximum atomic E-state index is 14.8. The van der Waals surface area contributed by atoms with Gasteiger partial charge in [-0.3, -0.25) is 9.59 Å². The Balaban J connectivity index is 1.42. The molecule has 0 spiro atoms. The first-order valence-electron chi connectivity index (χ1n) is 10.6. The number of hydrogen-bond acceptors (Lipinski definition) is 4. The van der Waals surface area contributed by atoms with E-state index < -0.39 is 11.4 Å². The fourth-order valence-electron chi connectivity index (χ4n) is 3.79. The van der Waals surface area contributed by atoms with Crippen LogP contribution in [0.1, 0.15) is 37.0 Å². The van der Waals surface area contributed by atoms with Crippen LogP contribution >= 0.6 is 0 Å². The van der Waals surface area contributed by atoms with Crippen LogP contribution in [0.3, 0.4) is 0 Å². The van der Waals surface area contributed by atoms with E-state index in [-0.39, 0.29) is 23.7 Å². The van der Waals surface area contributed by atoms with Gasteiger partial charge in [-0.05, 0) is 50.5 Å². The molecule has 1 N–H and O–H groups in total. The normalized spacial score (nSPS) is 17.6. The number of carbonyl (C=O) groups excluding carboxylic acids is 2. The second kappa shape index (κ2) is 8.30. The van der Waals surface area contributed by atoms with Gasteiger partial charge in [0.05, 0.1) is 6.10 Å². The molecule has 1 saturated carbocycles. The predicted molar refractivity (Wildman–Crippen MR) is 114 cm³/mol. The van der Waals surface area contributed by atoms with Crippen molar-refractivity contribution in [3.05, 3.63) is 53.8 Å². The minimum Gasteiger partial charge on any atom is -0.488 e. The van der Waals surface area contributed by atoms with Gasteiger partial charge >= 0.3 is 0 Å². The number of ether oxygens (including phenoxy) is 1. The number of hydrogen-bond donors (Lipinski definition) is 1. The van der Waals surface area contributed by atoms with Crippen molar-refractivity contribution < 1.29 is 23.8 Å². The molecule has 2 aromatic rings. The van der Waals surface area contributed by atoms with Gasteiger partial charge in [0, 0.05) is 37.3 Å². The summed E-state index contributed by atoms with van der Waals surface area (Å²) < 4.78 is 20.3. The van der Waals surface area contributed by atoms with Crippen molar-refractivity contribution in [3.63, 3.8) is 0 Å². The van der Waals surface area contributed by atoms with E-state index in [1.165, 1.54) is 0 Å². The Labute approximate surface area is 181 Å². The van der Waals surface area contributed by atoms with Gasteiger partial charge in [0.25, 0.3) is 11.8 Å². The van der Waals surface area contributed by atoms with Crippen LogP contribution in [0.25, 0.3) is 11.1 Å². The van der Waals surface area contributed by atoms with Crippen molar-refractivity contribution in [2.24, 2.45) is 0 Å². The van der Waals surface area contributed by atoms with Gasteiger partial charge in [-0.15, -0.1) is 0 Å². The Morgan fingerprint density at radius 2 is 1.61 bits per heavy atom. The lowest BCUT2D eigenvalue weighted by molar-refractivity contribution is -0.143. The lowest BCUT2D eigenvalue weighted by Crippen LogP contribution is -2.53. The van der Waals surface area contributed by atoms with E-state index >= 15 is 0 Å². The van der Waals surface area contributed by atoms with Crippen LogP contribution in [0.5, 0.6) is 5.75 Å². The second-order valence-corrected chi connectivity index (χ2v) is 8.48. The predicted octanol–water partition coefficient (Wildman–Crippen LogP) is 3.09. The third-order valence-electron chi connectivity index (χ3n) is 5.74. The Morgan fingerprint density at radius 3 is 2.19 bits per heavy atom. The number of benzene rings is 2. The molecule has 7 heteroatoms. The van der Waals surface area contributed by atoms with E-state index in [1.54, 1.807) is 52.3 Å². The molecule has 6 nitrogen and oxygen atoms in total. The van der Waals surface area contributed by atoms with Crippen LogP contribution < -0.4 is 4.74 Å². The lowest BCUT2D eigenvalue weighted by atomic mass is 10.0. The minimum absolute atomic E-state index is 0.124. The zero-order valence-corrected chi connectivity index (χ0v) is 17.8. The van der Waals surface area contributed by atoms with E-state index in [1.807, 2.05) is 13.8 Å². The third-order valence-corrected chi connectivity index (χ3v) is 5.74. The first kappa shape index (κ1) is 21.3. The monoisotopic (exact) mass is 426 g/mol. The summed E-state index contributed by atoms with van der Waals surface area (Å²) in [5, 5.41) is 10.00. The van der Waals surface area contributed by atoms with Gasteiger partial charge < -0.3 is 19.6 Å². The molecule has 0 radical (unpaired) electrons. The zero-order valence-electron chi connectivity index (χ0n) is 17.8. The van der Waals surface area contributed by atoms with Crippen LogP contribution in [0.15, 0.2) is 42.5 Å². The largest absolute Gasteiger partial charge is 0.488 e. The molecule has 1 aliphatic heterocycles. The number of carbonyl (C=O) groups is 2. The van der Waals surface area contributed by atoms with Crippen LogP contribution in [0, 0.1) is 5.82 Å². The lowest BCUT2D eigenvalue weighted by Gasteiger charge is -2.35. The van der Waals surface area contributed by atoms with Crippen LogP contribution in [-0.2, 0) is 4.79 Å². The molecule has 0 atom stereocenters. The van der Waals surface area contributed by atoms with E-state index in [9.17, 15) is 19.1 Å². The van der Waals surface area contributed by atoms with Gasteiger partial charge in [-0.1, -0.05) is 24.3 Å². The number of nitrogens with zero attached hydrogens (tertiary/aromatic N) is 2. The van der Waals surface area contributed by atoms with Crippen molar-refractivity contribution in [1.29, 1.82) is 0 Å². The molecule has 2 aromatic carbocycles. The van der Waals surface area contributed by atoms with Crippen molar-refractivity contribution in [2.75, 3.05) is 26.2 Å². The smallest absolute Gasteiger partial charge is 0.254 e. The first-order valence-corrected chi connectivity index (χ1v) is 10.6. The molecule has 4 rings (SSSR count). The summed E-state index contributed by atoms with van der Waals surface area (Å²) in [6.45, 7) is 5.36. The van der Waals surface area contributed by atoms with Gasteiger partial charge in [-0.25, -0.2) is 4.39 Å². The van der Waals surface area contributed by atoms with Crippen LogP contribution in [0.4, 0.5) is 4.39 Å². The summed E-state index contributed by atoms with van der Waals surface area (Å²) in [7, 11) is 0. The van der Waals surface area contributed by atoms with E-state index in [4.69, 9.17) is 4.74 Å². The maximum Gasteiger partial charge on any atom is 0.254 e. The SMILES string of the molecule is CC(C)Oc1cccc(-c2ccc(C(=O)N3CCN(C(=O)C4(O)CC4)CC3)cc2)c1F. The number of amides is 2. The zero-order chi connectivity index (χ0) is 22.2. The Bertz CT molecular complexity index is 978. The van der Waals surface area contributed by atoms with E-state index in [0.717, 1.165) is 0 Å². The molecule has 31 heavy (non-hydrogen) atoms. The molecule has 2 aliphatic rings. The molecule has 1 aliphatic carbocycles.